The second-order valence-electron chi connectivity index (χ2n) is 5.34. The van der Waals surface area contributed by atoms with Gasteiger partial charge in [-0.1, -0.05) is 34.1 Å². The second-order valence-corrected chi connectivity index (χ2v) is 6.26. The van der Waals surface area contributed by atoms with Crippen LogP contribution in [0, 0.1) is 0 Å². The van der Waals surface area contributed by atoms with E-state index in [0.717, 1.165) is 22.9 Å². The molecule has 0 aromatic heterocycles. The number of carbonyl (C=O) groups is 1. The van der Waals surface area contributed by atoms with Crippen LogP contribution in [0.2, 0.25) is 0 Å². The fourth-order valence-electron chi connectivity index (χ4n) is 2.39. The minimum absolute atomic E-state index is 0.0437. The Bertz CT molecular complexity index is 667. The number of benzene rings is 2. The molecule has 2 aromatic carbocycles. The molecule has 0 atom stereocenters. The molecule has 0 radical (unpaired) electrons. The second kappa shape index (κ2) is 5.90. The largest absolute Gasteiger partial charge is 0.508 e. The normalized spacial score (nSPS) is 14.0. The van der Waals surface area contributed by atoms with E-state index in [9.17, 15) is 9.90 Å². The predicted octanol–water partition coefficient (Wildman–Crippen LogP) is 3.96. The summed E-state index contributed by atoms with van der Waals surface area (Å²) in [6.45, 7) is 0.532. The van der Waals surface area contributed by atoms with Crippen LogP contribution in [-0.4, -0.2) is 22.0 Å². The molecule has 1 fully saturated rings. The Morgan fingerprint density at radius 2 is 1.95 bits per heavy atom. The highest BCUT2D eigenvalue weighted by atomic mass is 79.9. The van der Waals surface area contributed by atoms with Gasteiger partial charge in [0.2, 0.25) is 0 Å². The number of hydrogen-bond donors (Lipinski definition) is 1. The molecule has 0 aliphatic heterocycles. The zero-order valence-electron chi connectivity index (χ0n) is 11.5. The van der Waals surface area contributed by atoms with Gasteiger partial charge < -0.3 is 10.0 Å². The molecular formula is C17H16BrNO2. The Morgan fingerprint density at radius 3 is 2.62 bits per heavy atom. The fraction of sp³-hybridized carbons (Fsp3) is 0.235. The van der Waals surface area contributed by atoms with E-state index in [1.54, 1.807) is 18.2 Å². The average molecular weight is 346 g/mol. The molecule has 2 aromatic rings. The first-order valence-electron chi connectivity index (χ1n) is 6.98. The number of phenols is 1. The first-order chi connectivity index (χ1) is 10.1. The highest BCUT2D eigenvalue weighted by molar-refractivity contribution is 9.10. The number of rotatable bonds is 4. The molecule has 0 bridgehead atoms. The molecule has 0 unspecified atom stereocenters. The molecule has 108 valence electrons. The Morgan fingerprint density at radius 1 is 1.19 bits per heavy atom. The van der Waals surface area contributed by atoms with Crippen LogP contribution in [0.1, 0.15) is 28.8 Å². The summed E-state index contributed by atoms with van der Waals surface area (Å²) in [6, 6.07) is 14.9. The molecule has 1 saturated carbocycles. The lowest BCUT2D eigenvalue weighted by Crippen LogP contribution is -2.32. The zero-order valence-corrected chi connectivity index (χ0v) is 13.1. The first-order valence-corrected chi connectivity index (χ1v) is 7.77. The predicted molar refractivity (Wildman–Crippen MR) is 85.1 cm³/mol. The van der Waals surface area contributed by atoms with E-state index in [1.165, 1.54) is 0 Å². The van der Waals surface area contributed by atoms with E-state index in [1.807, 2.05) is 35.2 Å². The van der Waals surface area contributed by atoms with Crippen LogP contribution in [0.25, 0.3) is 0 Å². The Labute approximate surface area is 132 Å². The lowest BCUT2D eigenvalue weighted by molar-refractivity contribution is 0.0729. The van der Waals surface area contributed by atoms with Gasteiger partial charge in [-0.15, -0.1) is 0 Å². The van der Waals surface area contributed by atoms with Gasteiger partial charge in [0.25, 0.3) is 5.91 Å². The minimum Gasteiger partial charge on any atom is -0.508 e. The molecule has 1 amide bonds. The summed E-state index contributed by atoms with van der Waals surface area (Å²) in [6.07, 6.45) is 2.11. The monoisotopic (exact) mass is 345 g/mol. The summed E-state index contributed by atoms with van der Waals surface area (Å²) in [4.78, 5) is 14.6. The SMILES string of the molecule is O=C(c1cccc(Br)c1)N(Cc1cccc(O)c1)C1CC1. The molecule has 1 aliphatic rings. The molecule has 1 N–H and O–H groups in total. The van der Waals surface area contributed by atoms with Crippen molar-refractivity contribution in [2.24, 2.45) is 0 Å². The molecule has 21 heavy (non-hydrogen) atoms. The quantitative estimate of drug-likeness (QED) is 0.910. The summed E-state index contributed by atoms with van der Waals surface area (Å²) in [5, 5.41) is 9.56. The Hall–Kier alpha value is -1.81. The van der Waals surface area contributed by atoms with Gasteiger partial charge in [0, 0.05) is 22.6 Å². The number of hydrogen-bond acceptors (Lipinski definition) is 2. The van der Waals surface area contributed by atoms with E-state index >= 15 is 0 Å². The van der Waals surface area contributed by atoms with Crippen molar-refractivity contribution in [3.8, 4) is 5.75 Å². The summed E-state index contributed by atoms with van der Waals surface area (Å²) < 4.78 is 0.904. The minimum atomic E-state index is 0.0437. The van der Waals surface area contributed by atoms with Crippen molar-refractivity contribution in [3.63, 3.8) is 0 Å². The van der Waals surface area contributed by atoms with E-state index < -0.39 is 0 Å². The van der Waals surface area contributed by atoms with Gasteiger partial charge in [-0.25, -0.2) is 0 Å². The van der Waals surface area contributed by atoms with Gasteiger partial charge in [0.15, 0.2) is 0 Å². The van der Waals surface area contributed by atoms with Gasteiger partial charge in [0.1, 0.15) is 5.75 Å². The number of carbonyl (C=O) groups excluding carboxylic acids is 1. The molecule has 0 saturated heterocycles. The van der Waals surface area contributed by atoms with E-state index in [2.05, 4.69) is 15.9 Å². The van der Waals surface area contributed by atoms with Gasteiger partial charge in [-0.2, -0.15) is 0 Å². The van der Waals surface area contributed by atoms with Crippen molar-refractivity contribution in [1.29, 1.82) is 0 Å². The van der Waals surface area contributed by atoms with Crippen molar-refractivity contribution in [3.05, 3.63) is 64.1 Å². The molecule has 0 heterocycles. The van der Waals surface area contributed by atoms with Gasteiger partial charge in [-0.3, -0.25) is 4.79 Å². The molecule has 4 heteroatoms. The van der Waals surface area contributed by atoms with Crippen molar-refractivity contribution in [2.45, 2.75) is 25.4 Å². The van der Waals surface area contributed by atoms with Gasteiger partial charge in [0.05, 0.1) is 0 Å². The molecule has 0 spiro atoms. The van der Waals surface area contributed by atoms with Crippen LogP contribution < -0.4 is 0 Å². The highest BCUT2D eigenvalue weighted by Gasteiger charge is 2.33. The summed E-state index contributed by atoms with van der Waals surface area (Å²) in [5.41, 5.74) is 1.64. The Balaban J connectivity index is 1.83. The van der Waals surface area contributed by atoms with Gasteiger partial charge in [-0.05, 0) is 48.7 Å². The van der Waals surface area contributed by atoms with Crippen LogP contribution in [0.15, 0.2) is 53.0 Å². The van der Waals surface area contributed by atoms with E-state index in [0.29, 0.717) is 18.2 Å². The third-order valence-electron chi connectivity index (χ3n) is 3.58. The maximum absolute atomic E-state index is 12.7. The van der Waals surface area contributed by atoms with Gasteiger partial charge >= 0.3 is 0 Å². The Kier molecular flexibility index (Phi) is 3.97. The molecule has 3 rings (SSSR count). The summed E-state index contributed by atoms with van der Waals surface area (Å²) in [7, 11) is 0. The molecule has 3 nitrogen and oxygen atoms in total. The topological polar surface area (TPSA) is 40.5 Å². The maximum Gasteiger partial charge on any atom is 0.254 e. The van der Waals surface area contributed by atoms with Crippen molar-refractivity contribution in [1.82, 2.24) is 4.90 Å². The third kappa shape index (κ3) is 3.45. The first kappa shape index (κ1) is 14.1. The number of halogens is 1. The smallest absolute Gasteiger partial charge is 0.254 e. The summed E-state index contributed by atoms with van der Waals surface area (Å²) >= 11 is 3.40. The summed E-state index contributed by atoms with van der Waals surface area (Å²) in [5.74, 6) is 0.278. The van der Waals surface area contributed by atoms with Crippen LogP contribution >= 0.6 is 15.9 Å². The van der Waals surface area contributed by atoms with Crippen LogP contribution in [0.3, 0.4) is 0 Å². The number of phenolic OH excluding ortho intramolecular Hbond substituents is 1. The van der Waals surface area contributed by atoms with Crippen molar-refractivity contribution in [2.75, 3.05) is 0 Å². The fourth-order valence-corrected chi connectivity index (χ4v) is 2.79. The molecular weight excluding hydrogens is 330 g/mol. The highest BCUT2D eigenvalue weighted by Crippen LogP contribution is 2.30. The maximum atomic E-state index is 12.7. The third-order valence-corrected chi connectivity index (χ3v) is 4.08. The standard InChI is InChI=1S/C17H16BrNO2/c18-14-5-2-4-13(10-14)17(21)19(15-7-8-15)11-12-3-1-6-16(20)9-12/h1-6,9-10,15,20H,7-8,11H2. The molecule has 1 aliphatic carbocycles. The van der Waals surface area contributed by atoms with Crippen molar-refractivity contribution >= 4 is 21.8 Å². The lowest BCUT2D eigenvalue weighted by Gasteiger charge is -2.23. The van der Waals surface area contributed by atoms with Crippen LogP contribution in [0.4, 0.5) is 0 Å². The van der Waals surface area contributed by atoms with Crippen LogP contribution in [0.5, 0.6) is 5.75 Å². The average Bonchev–Trinajstić information content (AvgIpc) is 3.29. The van der Waals surface area contributed by atoms with E-state index in [4.69, 9.17) is 0 Å². The zero-order chi connectivity index (χ0) is 14.8. The van der Waals surface area contributed by atoms with Crippen LogP contribution in [-0.2, 0) is 6.54 Å². The van der Waals surface area contributed by atoms with E-state index in [-0.39, 0.29) is 11.7 Å². The number of amides is 1. The lowest BCUT2D eigenvalue weighted by atomic mass is 10.1. The van der Waals surface area contributed by atoms with Crippen molar-refractivity contribution < 1.29 is 9.90 Å². The number of aromatic hydroxyl groups is 1. The number of nitrogens with zero attached hydrogens (tertiary/aromatic N) is 1.